The Hall–Kier alpha value is -3.13. The van der Waals surface area contributed by atoms with Gasteiger partial charge in [-0.1, -0.05) is 24.3 Å². The number of nitrogens with one attached hydrogen (secondary N) is 1. The number of rotatable bonds is 4. The van der Waals surface area contributed by atoms with E-state index in [1.807, 2.05) is 24.3 Å². The van der Waals surface area contributed by atoms with Gasteiger partial charge in [0.25, 0.3) is 0 Å². The average Bonchev–Trinajstić information content (AvgIpc) is 3.21. The lowest BCUT2D eigenvalue weighted by atomic mass is 10.0. The zero-order valence-electron chi connectivity index (χ0n) is 13.1. The summed E-state index contributed by atoms with van der Waals surface area (Å²) in [7, 11) is 0. The average molecular weight is 333 g/mol. The number of aliphatic hydroxyl groups is 1. The van der Waals surface area contributed by atoms with E-state index in [1.54, 1.807) is 30.7 Å². The van der Waals surface area contributed by atoms with Crippen molar-refractivity contribution in [3.05, 3.63) is 66.9 Å². The summed E-state index contributed by atoms with van der Waals surface area (Å²) < 4.78 is 5.30. The van der Waals surface area contributed by atoms with Crippen molar-refractivity contribution < 1.29 is 9.52 Å². The fourth-order valence-electron chi connectivity index (χ4n) is 2.72. The van der Waals surface area contributed by atoms with Gasteiger partial charge in [0.05, 0.1) is 17.4 Å². The van der Waals surface area contributed by atoms with Gasteiger partial charge in [-0.3, -0.25) is 10.8 Å². The number of nitrogens with zero attached hydrogens (tertiary/aromatic N) is 3. The minimum atomic E-state index is -1.01. The number of nitrogens with two attached hydrogens (primary N) is 1. The third-order valence-corrected chi connectivity index (χ3v) is 3.99. The van der Waals surface area contributed by atoms with E-state index in [1.165, 1.54) is 6.39 Å². The van der Waals surface area contributed by atoms with Crippen LogP contribution in [0.4, 0.5) is 0 Å². The predicted molar refractivity (Wildman–Crippen MR) is 92.8 cm³/mol. The first-order valence-electron chi connectivity index (χ1n) is 7.64. The van der Waals surface area contributed by atoms with Crippen LogP contribution in [0.3, 0.4) is 0 Å². The van der Waals surface area contributed by atoms with Gasteiger partial charge in [-0.05, 0) is 12.1 Å². The SMILES string of the molecule is NNC(O)c1cc(-c2ccc(-c3cnco3)cc2)nc2ccncc12. The lowest BCUT2D eigenvalue weighted by Crippen LogP contribution is -2.27. The highest BCUT2D eigenvalue weighted by molar-refractivity contribution is 5.84. The van der Waals surface area contributed by atoms with Crippen LogP contribution in [0, 0.1) is 0 Å². The molecule has 3 heterocycles. The Bertz CT molecular complexity index is 1000. The molecule has 0 spiro atoms. The van der Waals surface area contributed by atoms with Crippen molar-refractivity contribution in [1.29, 1.82) is 0 Å². The second kappa shape index (κ2) is 6.40. The summed E-state index contributed by atoms with van der Waals surface area (Å²) in [5.74, 6) is 6.10. The summed E-state index contributed by atoms with van der Waals surface area (Å²) in [6.07, 6.45) is 5.38. The first kappa shape index (κ1) is 15.4. The molecule has 0 radical (unpaired) electrons. The minimum absolute atomic E-state index is 0.620. The third kappa shape index (κ3) is 2.87. The number of benzene rings is 1. The summed E-state index contributed by atoms with van der Waals surface area (Å²) in [5, 5.41) is 10.9. The molecular weight excluding hydrogens is 318 g/mol. The highest BCUT2D eigenvalue weighted by Crippen LogP contribution is 2.28. The van der Waals surface area contributed by atoms with Crippen molar-refractivity contribution in [2.24, 2.45) is 5.84 Å². The molecule has 1 unspecified atom stereocenters. The number of hydrogen-bond donors (Lipinski definition) is 3. The quantitative estimate of drug-likeness (QED) is 0.299. The second-order valence-electron chi connectivity index (χ2n) is 5.50. The van der Waals surface area contributed by atoms with Crippen LogP contribution in [0.2, 0.25) is 0 Å². The standard InChI is InChI=1S/C18H15N5O2/c19-23-18(24)13-7-16(22-15-5-6-20-8-14(13)15)11-1-3-12(4-2-11)17-9-21-10-25-17/h1-10,18,23-24H,19H2. The molecule has 4 rings (SSSR count). The maximum absolute atomic E-state index is 10.2. The van der Waals surface area contributed by atoms with Gasteiger partial charge < -0.3 is 9.52 Å². The van der Waals surface area contributed by atoms with Gasteiger partial charge in [-0.25, -0.2) is 15.4 Å². The molecule has 4 aromatic rings. The molecule has 1 aromatic carbocycles. The summed E-state index contributed by atoms with van der Waals surface area (Å²) in [5.41, 5.74) is 6.28. The van der Waals surface area contributed by atoms with Gasteiger partial charge in [0.2, 0.25) is 0 Å². The van der Waals surface area contributed by atoms with Gasteiger partial charge >= 0.3 is 0 Å². The molecule has 3 aromatic heterocycles. The van der Waals surface area contributed by atoms with Crippen LogP contribution in [0.15, 0.2) is 65.8 Å². The lowest BCUT2D eigenvalue weighted by Gasteiger charge is -2.14. The highest BCUT2D eigenvalue weighted by Gasteiger charge is 2.14. The molecule has 124 valence electrons. The zero-order valence-corrected chi connectivity index (χ0v) is 13.1. The van der Waals surface area contributed by atoms with Crippen LogP contribution < -0.4 is 11.3 Å². The Morgan fingerprint density at radius 3 is 2.56 bits per heavy atom. The van der Waals surface area contributed by atoms with Gasteiger partial charge in [-0.2, -0.15) is 0 Å². The van der Waals surface area contributed by atoms with E-state index in [2.05, 4.69) is 20.4 Å². The van der Waals surface area contributed by atoms with E-state index in [9.17, 15) is 5.11 Å². The van der Waals surface area contributed by atoms with Crippen LogP contribution in [-0.4, -0.2) is 20.1 Å². The first-order chi connectivity index (χ1) is 12.3. The van der Waals surface area contributed by atoms with Gasteiger partial charge in [0.15, 0.2) is 12.2 Å². The maximum Gasteiger partial charge on any atom is 0.181 e. The molecule has 1 atom stereocenters. The molecule has 0 aliphatic rings. The Balaban J connectivity index is 1.81. The molecular formula is C18H15N5O2. The molecule has 25 heavy (non-hydrogen) atoms. The van der Waals surface area contributed by atoms with Gasteiger partial charge in [-0.15, -0.1) is 0 Å². The molecule has 0 amide bonds. The topological polar surface area (TPSA) is 110 Å². The highest BCUT2D eigenvalue weighted by atomic mass is 16.3. The predicted octanol–water partition coefficient (Wildman–Crippen LogP) is 2.41. The van der Waals surface area contributed by atoms with Crippen molar-refractivity contribution in [3.8, 4) is 22.6 Å². The van der Waals surface area contributed by atoms with Crippen LogP contribution in [0.5, 0.6) is 0 Å². The smallest absolute Gasteiger partial charge is 0.181 e. The Morgan fingerprint density at radius 2 is 1.84 bits per heavy atom. The monoisotopic (exact) mass is 333 g/mol. The molecule has 0 bridgehead atoms. The summed E-state index contributed by atoms with van der Waals surface area (Å²) in [4.78, 5) is 12.7. The Labute approximate surface area is 143 Å². The van der Waals surface area contributed by atoms with E-state index in [0.717, 1.165) is 27.7 Å². The van der Waals surface area contributed by atoms with Crippen LogP contribution in [0.25, 0.3) is 33.5 Å². The molecule has 0 saturated carbocycles. The summed E-state index contributed by atoms with van der Waals surface area (Å²) in [6.45, 7) is 0. The molecule has 7 heteroatoms. The number of aliphatic hydroxyl groups excluding tert-OH is 1. The normalized spacial score (nSPS) is 12.4. The number of aromatic nitrogens is 3. The van der Waals surface area contributed by atoms with E-state index in [4.69, 9.17) is 10.3 Å². The van der Waals surface area contributed by atoms with E-state index < -0.39 is 6.23 Å². The number of oxazole rings is 1. The van der Waals surface area contributed by atoms with Crippen LogP contribution >= 0.6 is 0 Å². The number of hydrogen-bond acceptors (Lipinski definition) is 7. The summed E-state index contributed by atoms with van der Waals surface area (Å²) in [6, 6.07) is 11.4. The molecule has 0 aliphatic heterocycles. The number of pyridine rings is 2. The van der Waals surface area contributed by atoms with Crippen molar-refractivity contribution in [1.82, 2.24) is 20.4 Å². The maximum atomic E-state index is 10.2. The van der Waals surface area contributed by atoms with E-state index >= 15 is 0 Å². The largest absolute Gasteiger partial charge is 0.444 e. The van der Waals surface area contributed by atoms with Gasteiger partial charge in [0.1, 0.15) is 6.23 Å². The van der Waals surface area contributed by atoms with Crippen LogP contribution in [-0.2, 0) is 0 Å². The zero-order chi connectivity index (χ0) is 17.2. The fourth-order valence-corrected chi connectivity index (χ4v) is 2.72. The second-order valence-corrected chi connectivity index (χ2v) is 5.50. The molecule has 0 saturated heterocycles. The van der Waals surface area contributed by atoms with Crippen LogP contribution in [0.1, 0.15) is 11.8 Å². The Morgan fingerprint density at radius 1 is 1.04 bits per heavy atom. The number of hydrazine groups is 1. The lowest BCUT2D eigenvalue weighted by molar-refractivity contribution is 0.141. The van der Waals surface area contributed by atoms with Crippen molar-refractivity contribution in [2.75, 3.05) is 0 Å². The summed E-state index contributed by atoms with van der Waals surface area (Å²) >= 11 is 0. The fraction of sp³-hybridized carbons (Fsp3) is 0.0556. The molecule has 0 aliphatic carbocycles. The van der Waals surface area contributed by atoms with Crippen molar-refractivity contribution in [3.63, 3.8) is 0 Å². The molecule has 4 N–H and O–H groups in total. The van der Waals surface area contributed by atoms with Gasteiger partial charge in [0, 0.05) is 34.5 Å². The minimum Gasteiger partial charge on any atom is -0.444 e. The molecule has 7 nitrogen and oxygen atoms in total. The van der Waals surface area contributed by atoms with E-state index in [-0.39, 0.29) is 0 Å². The van der Waals surface area contributed by atoms with Crippen molar-refractivity contribution >= 4 is 10.9 Å². The third-order valence-electron chi connectivity index (χ3n) is 3.99. The van der Waals surface area contributed by atoms with Crippen molar-refractivity contribution in [2.45, 2.75) is 6.23 Å². The van der Waals surface area contributed by atoms with E-state index in [0.29, 0.717) is 11.3 Å². The number of fused-ring (bicyclic) bond motifs is 1. The first-order valence-corrected chi connectivity index (χ1v) is 7.64. The Kier molecular flexibility index (Phi) is 3.95. The molecule has 0 fully saturated rings.